The van der Waals surface area contributed by atoms with Crippen molar-refractivity contribution in [2.24, 2.45) is 0 Å². The molecule has 1 fully saturated rings. The molecule has 34 heavy (non-hydrogen) atoms. The van der Waals surface area contributed by atoms with Gasteiger partial charge in [0.25, 0.3) is 0 Å². The lowest BCUT2D eigenvalue weighted by Crippen LogP contribution is -2.26. The summed E-state index contributed by atoms with van der Waals surface area (Å²) < 4.78 is 13.3. The van der Waals surface area contributed by atoms with Crippen molar-refractivity contribution in [2.45, 2.75) is 25.0 Å². The third-order valence-corrected chi connectivity index (χ3v) is 6.13. The maximum Gasteiger partial charge on any atom is 0.227 e. The maximum atomic E-state index is 13.0. The Labute approximate surface area is 198 Å². The van der Waals surface area contributed by atoms with Crippen molar-refractivity contribution in [1.29, 1.82) is 0 Å². The minimum absolute atomic E-state index is 0.0288. The maximum absolute atomic E-state index is 13.0. The standard InChI is InChI=1S/C27H27N3O4/c1-33-25-14-8-7-13-24(25)29-16-19(15-26(29)32)27-28-22-11-5-6-12-23(22)30(27)17-20(31)18-34-21-9-3-2-4-10-21/h2-14,19-20,31H,15-18H2,1H3/t19-,20-/m0/s1. The molecule has 1 N–H and O–H groups in total. The van der Waals surface area contributed by atoms with Crippen LogP contribution in [0.3, 0.4) is 0 Å². The Bertz CT molecular complexity index is 1290. The minimum atomic E-state index is -0.737. The van der Waals surface area contributed by atoms with Crippen LogP contribution < -0.4 is 14.4 Å². The van der Waals surface area contributed by atoms with Crippen molar-refractivity contribution in [3.63, 3.8) is 0 Å². The summed E-state index contributed by atoms with van der Waals surface area (Å²) in [5.41, 5.74) is 2.53. The monoisotopic (exact) mass is 457 g/mol. The molecule has 3 aromatic carbocycles. The number of nitrogens with zero attached hydrogens (tertiary/aromatic N) is 3. The van der Waals surface area contributed by atoms with E-state index in [0.29, 0.717) is 31.0 Å². The Morgan fingerprint density at radius 1 is 1.03 bits per heavy atom. The highest BCUT2D eigenvalue weighted by atomic mass is 16.5. The van der Waals surface area contributed by atoms with Crippen molar-refractivity contribution in [2.75, 3.05) is 25.2 Å². The van der Waals surface area contributed by atoms with Crippen LogP contribution in [0.5, 0.6) is 11.5 Å². The minimum Gasteiger partial charge on any atom is -0.495 e. The molecule has 0 saturated carbocycles. The Balaban J connectivity index is 1.40. The van der Waals surface area contributed by atoms with Gasteiger partial charge in [-0.1, -0.05) is 42.5 Å². The third-order valence-electron chi connectivity index (χ3n) is 6.13. The van der Waals surface area contributed by atoms with E-state index in [1.807, 2.05) is 83.4 Å². The Morgan fingerprint density at radius 2 is 1.76 bits per heavy atom. The zero-order valence-electron chi connectivity index (χ0n) is 19.0. The summed E-state index contributed by atoms with van der Waals surface area (Å²) in [7, 11) is 1.61. The number of hydrogen-bond donors (Lipinski definition) is 1. The highest BCUT2D eigenvalue weighted by molar-refractivity contribution is 5.97. The number of imidazole rings is 1. The molecule has 1 aliphatic rings. The number of fused-ring (bicyclic) bond motifs is 1. The summed E-state index contributed by atoms with van der Waals surface area (Å²) in [6, 6.07) is 24.8. The molecule has 1 aliphatic heterocycles. The van der Waals surface area contributed by atoms with Crippen molar-refractivity contribution >= 4 is 22.6 Å². The molecule has 1 aromatic heterocycles. The smallest absolute Gasteiger partial charge is 0.227 e. The molecule has 0 spiro atoms. The number of aliphatic hydroxyl groups excluding tert-OH is 1. The number of benzene rings is 3. The lowest BCUT2D eigenvalue weighted by molar-refractivity contribution is -0.117. The van der Waals surface area contributed by atoms with Gasteiger partial charge in [0, 0.05) is 18.9 Å². The summed E-state index contributed by atoms with van der Waals surface area (Å²) in [5.74, 6) is 2.10. The molecule has 0 bridgehead atoms. The molecule has 1 saturated heterocycles. The molecule has 0 unspecified atom stereocenters. The van der Waals surface area contributed by atoms with Crippen molar-refractivity contribution < 1.29 is 19.4 Å². The van der Waals surface area contributed by atoms with Gasteiger partial charge in [0.05, 0.1) is 30.4 Å². The Morgan fingerprint density at radius 3 is 2.59 bits per heavy atom. The first-order chi connectivity index (χ1) is 16.6. The fraction of sp³-hybridized carbons (Fsp3) is 0.259. The van der Waals surface area contributed by atoms with Gasteiger partial charge in [0.2, 0.25) is 5.91 Å². The highest BCUT2D eigenvalue weighted by Crippen LogP contribution is 2.37. The van der Waals surface area contributed by atoms with Crippen LogP contribution in [0.15, 0.2) is 78.9 Å². The number of anilines is 1. The second kappa shape index (κ2) is 9.57. The number of amides is 1. The van der Waals surface area contributed by atoms with Crippen LogP contribution in [0, 0.1) is 0 Å². The number of rotatable bonds is 8. The molecule has 0 radical (unpaired) electrons. The fourth-order valence-corrected chi connectivity index (χ4v) is 4.54. The summed E-state index contributed by atoms with van der Waals surface area (Å²) in [6.45, 7) is 0.980. The van der Waals surface area contributed by atoms with Crippen molar-refractivity contribution in [3.8, 4) is 11.5 Å². The van der Waals surface area contributed by atoms with Gasteiger partial charge in [-0.2, -0.15) is 0 Å². The molecule has 7 heteroatoms. The van der Waals surface area contributed by atoms with E-state index in [-0.39, 0.29) is 18.4 Å². The van der Waals surface area contributed by atoms with Gasteiger partial charge >= 0.3 is 0 Å². The molecule has 0 aliphatic carbocycles. The fourth-order valence-electron chi connectivity index (χ4n) is 4.54. The molecule has 7 nitrogen and oxygen atoms in total. The van der Waals surface area contributed by atoms with Gasteiger partial charge < -0.3 is 24.0 Å². The van der Waals surface area contributed by atoms with E-state index in [0.717, 1.165) is 22.5 Å². The first-order valence-electron chi connectivity index (χ1n) is 11.4. The van der Waals surface area contributed by atoms with Crippen LogP contribution in [0.4, 0.5) is 5.69 Å². The number of carbonyl (C=O) groups is 1. The van der Waals surface area contributed by atoms with Crippen LogP contribution >= 0.6 is 0 Å². The van der Waals surface area contributed by atoms with Crippen LogP contribution in [0.2, 0.25) is 0 Å². The van der Waals surface area contributed by atoms with Crippen molar-refractivity contribution in [3.05, 3.63) is 84.7 Å². The van der Waals surface area contributed by atoms with E-state index in [9.17, 15) is 9.90 Å². The molecule has 174 valence electrons. The van der Waals surface area contributed by atoms with Gasteiger partial charge in [-0.15, -0.1) is 0 Å². The molecule has 4 aromatic rings. The third kappa shape index (κ3) is 4.34. The quantitative estimate of drug-likeness (QED) is 0.433. The SMILES string of the molecule is COc1ccccc1N1C[C@@H](c2nc3ccccc3n2C[C@H](O)COc2ccccc2)CC1=O. The van der Waals surface area contributed by atoms with Crippen LogP contribution in [-0.2, 0) is 11.3 Å². The van der Waals surface area contributed by atoms with E-state index in [4.69, 9.17) is 14.5 Å². The average Bonchev–Trinajstić information content (AvgIpc) is 3.43. The highest BCUT2D eigenvalue weighted by Gasteiger charge is 2.36. The Hall–Kier alpha value is -3.84. The van der Waals surface area contributed by atoms with E-state index in [1.165, 1.54) is 0 Å². The number of methoxy groups -OCH3 is 1. The number of para-hydroxylation sites is 5. The summed E-state index contributed by atoms with van der Waals surface area (Å²) in [4.78, 5) is 19.6. The van der Waals surface area contributed by atoms with Gasteiger partial charge in [-0.25, -0.2) is 4.98 Å². The lowest BCUT2D eigenvalue weighted by atomic mass is 10.1. The van der Waals surface area contributed by atoms with Gasteiger partial charge in [0.15, 0.2) is 0 Å². The molecular formula is C27H27N3O4. The molecule has 5 rings (SSSR count). The number of aliphatic hydroxyl groups is 1. The molecule has 2 atom stereocenters. The normalized spacial score (nSPS) is 16.7. The van der Waals surface area contributed by atoms with Crippen LogP contribution in [-0.4, -0.2) is 46.9 Å². The van der Waals surface area contributed by atoms with Gasteiger partial charge in [-0.05, 0) is 36.4 Å². The zero-order chi connectivity index (χ0) is 23.5. The first-order valence-corrected chi connectivity index (χ1v) is 11.4. The molecule has 2 heterocycles. The van der Waals surface area contributed by atoms with E-state index in [2.05, 4.69) is 0 Å². The summed E-state index contributed by atoms with van der Waals surface area (Å²) in [5, 5.41) is 10.8. The van der Waals surface area contributed by atoms with E-state index >= 15 is 0 Å². The number of hydrogen-bond acceptors (Lipinski definition) is 5. The number of carbonyl (C=O) groups excluding carboxylic acids is 1. The number of aromatic nitrogens is 2. The second-order valence-electron chi connectivity index (χ2n) is 8.42. The number of ether oxygens (including phenoxy) is 2. The van der Waals surface area contributed by atoms with Gasteiger partial charge in [-0.3, -0.25) is 4.79 Å². The largest absolute Gasteiger partial charge is 0.495 e. The molecular weight excluding hydrogens is 430 g/mol. The van der Waals surface area contributed by atoms with Gasteiger partial charge in [0.1, 0.15) is 30.0 Å². The molecule has 1 amide bonds. The predicted octanol–water partition coefficient (Wildman–Crippen LogP) is 4.01. The predicted molar refractivity (Wildman–Crippen MR) is 130 cm³/mol. The van der Waals surface area contributed by atoms with Crippen LogP contribution in [0.1, 0.15) is 18.2 Å². The van der Waals surface area contributed by atoms with Crippen molar-refractivity contribution in [1.82, 2.24) is 9.55 Å². The zero-order valence-corrected chi connectivity index (χ0v) is 19.0. The van der Waals surface area contributed by atoms with E-state index < -0.39 is 6.10 Å². The summed E-state index contributed by atoms with van der Waals surface area (Å²) in [6.07, 6.45) is -0.392. The van der Waals surface area contributed by atoms with E-state index in [1.54, 1.807) is 12.0 Å². The lowest BCUT2D eigenvalue weighted by Gasteiger charge is -2.20. The topological polar surface area (TPSA) is 76.8 Å². The van der Waals surface area contributed by atoms with Crippen LogP contribution in [0.25, 0.3) is 11.0 Å². The second-order valence-corrected chi connectivity index (χ2v) is 8.42. The summed E-state index contributed by atoms with van der Waals surface area (Å²) >= 11 is 0. The average molecular weight is 458 g/mol. The Kier molecular flexibility index (Phi) is 6.18. The first kappa shape index (κ1) is 22.0.